The Morgan fingerprint density at radius 2 is 1.20 bits per heavy atom. The molecule has 1 rings (SSSR count). The molecule has 0 amide bonds. The Bertz CT molecular complexity index is 1480. The van der Waals surface area contributed by atoms with E-state index in [9.17, 15) is 50.3 Å². The Balaban J connectivity index is -0.0000000667. The predicted octanol–water partition coefficient (Wildman–Crippen LogP) is 8.41. The van der Waals surface area contributed by atoms with Crippen LogP contribution in [-0.4, -0.2) is 72.1 Å². The van der Waals surface area contributed by atoms with Crippen LogP contribution in [0.15, 0.2) is 64.1 Å². The number of ketones is 2. The minimum absolute atomic E-state index is 0. The Morgan fingerprint density at radius 3 is 1.38 bits per heavy atom. The van der Waals surface area contributed by atoms with Gasteiger partial charge in [-0.2, -0.15) is 39.0 Å². The number of halogens is 7. The van der Waals surface area contributed by atoms with Gasteiger partial charge in [-0.3, -0.25) is 28.8 Å². The van der Waals surface area contributed by atoms with E-state index in [-0.39, 0.29) is 61.2 Å². The number of ether oxygens (including phenoxy) is 2. The summed E-state index contributed by atoms with van der Waals surface area (Å²) in [6, 6.07) is 2.94. The van der Waals surface area contributed by atoms with Crippen molar-refractivity contribution in [3.63, 3.8) is 0 Å². The van der Waals surface area contributed by atoms with Crippen LogP contribution >= 0.6 is 24.2 Å². The van der Waals surface area contributed by atoms with Gasteiger partial charge in [0.25, 0.3) is 0 Å². The van der Waals surface area contributed by atoms with Crippen molar-refractivity contribution in [2.24, 2.45) is 16.2 Å². The SMILES string of the molecule is C.CC(C)(C)C(=O)Cl.CC(C)(C)C(=O)O.CC(C)(C)c1cc(=O)cco1.CO/C=C/C(C)=O.CO/C=C/C(O)=C\C(=O)C(C)(C)C(F)(F)F.O=CC(F)(F)F.[2H]CC.[2H]CS.[H-].[Li+]. The molecule has 0 unspecified atom stereocenters. The van der Waals surface area contributed by atoms with Gasteiger partial charge in [0, 0.05) is 43.9 Å². The van der Waals surface area contributed by atoms with Crippen LogP contribution in [0.4, 0.5) is 26.3 Å². The molecule has 0 radical (unpaired) electrons. The maximum atomic E-state index is 12.4. The van der Waals surface area contributed by atoms with E-state index >= 15 is 0 Å². The number of hydrogen-bond donors (Lipinski definition) is 3. The Labute approximate surface area is 379 Å². The van der Waals surface area contributed by atoms with Crippen LogP contribution in [0, 0.1) is 16.2 Å². The summed E-state index contributed by atoms with van der Waals surface area (Å²) in [6.45, 7) is 21.6. The molecule has 0 aliphatic carbocycles. The van der Waals surface area contributed by atoms with E-state index in [1.54, 1.807) is 48.5 Å². The van der Waals surface area contributed by atoms with Gasteiger partial charge in [0.15, 0.2) is 17.0 Å². The molecule has 0 saturated heterocycles. The van der Waals surface area contributed by atoms with Crippen molar-refractivity contribution in [3.05, 3.63) is 70.9 Å². The van der Waals surface area contributed by atoms with E-state index in [1.807, 2.05) is 20.8 Å². The van der Waals surface area contributed by atoms with Crippen molar-refractivity contribution in [1.82, 2.24) is 0 Å². The van der Waals surface area contributed by atoms with Crippen LogP contribution in [0.25, 0.3) is 0 Å². The van der Waals surface area contributed by atoms with E-state index in [2.05, 4.69) is 22.1 Å². The van der Waals surface area contributed by atoms with E-state index in [1.165, 1.54) is 51.9 Å². The molecule has 0 aliphatic heterocycles. The molecule has 0 aliphatic rings. The van der Waals surface area contributed by atoms with E-state index in [0.29, 0.717) is 13.0 Å². The molecule has 11 nitrogen and oxygen atoms in total. The van der Waals surface area contributed by atoms with Crippen molar-refractivity contribution >= 4 is 53.3 Å². The summed E-state index contributed by atoms with van der Waals surface area (Å²) in [4.78, 5) is 61.1. The largest absolute Gasteiger partial charge is 1.00 e. The molecule has 60 heavy (non-hydrogen) atoms. The van der Waals surface area contributed by atoms with Gasteiger partial charge in [-0.1, -0.05) is 62.8 Å². The number of aliphatic hydroxyl groups is 1. The number of carboxylic acids is 1. The van der Waals surface area contributed by atoms with Crippen molar-refractivity contribution in [2.75, 3.05) is 20.5 Å². The Morgan fingerprint density at radius 1 is 0.867 bits per heavy atom. The molecule has 0 bridgehead atoms. The van der Waals surface area contributed by atoms with Crippen LogP contribution < -0.4 is 24.3 Å². The fraction of sp³-hybridized carbons (Fsp3) is 0.600. The first kappa shape index (κ1) is 71.1. The van der Waals surface area contributed by atoms with Gasteiger partial charge >= 0.3 is 37.2 Å². The van der Waals surface area contributed by atoms with Crippen LogP contribution in [0.5, 0.6) is 0 Å². The van der Waals surface area contributed by atoms with Gasteiger partial charge in [-0.05, 0) is 59.4 Å². The maximum Gasteiger partial charge on any atom is 1.00 e. The van der Waals surface area contributed by atoms with Crippen LogP contribution in [0.1, 0.15) is 114 Å². The third-order valence-electron chi connectivity index (χ3n) is 5.22. The second-order valence-corrected chi connectivity index (χ2v) is 14.4. The summed E-state index contributed by atoms with van der Waals surface area (Å²) in [7, 11) is 2.80. The number of aldehydes is 1. The van der Waals surface area contributed by atoms with Crippen molar-refractivity contribution in [2.45, 2.75) is 122 Å². The second-order valence-electron chi connectivity index (χ2n) is 14.1. The summed E-state index contributed by atoms with van der Waals surface area (Å²) in [5, 5.41) is 17.1. The number of aliphatic carboxylic acids is 1. The van der Waals surface area contributed by atoms with Crippen LogP contribution in [0.2, 0.25) is 0 Å². The standard InChI is InChI=1S/C10H13F3O3.C9H12O2.C5H9ClO.C5H10O2.C5H8O2.C2HF3O.C2H6.CH4S.CH4.Li.H/c1-9(2,10(11,12)13)8(15)6-7(14)4-5-16-3;1-9(2,3)8-6-7(10)4-5-11-8;2*1-5(2,3)4(6)7;1-5(6)3-4-7-2;3-2(4,5)1-6;2*1-2;;;/h4-6,14H,1-3H3;4-6H,1-3H3;1-3H3;1-3H3,(H,6,7);3-4H,1-2H3;1H;1-2H3;2H,1H3;1H4;;/q;;;;;;;;;+1;-1/b5-4+,7-6+;;;;4-3+;;;;;;/i;;;;;;2*1D;;;. The number of hydrogen-bond acceptors (Lipinski definition) is 11. The first-order valence-electron chi connectivity index (χ1n) is 17.8. The molecule has 0 fully saturated rings. The van der Waals surface area contributed by atoms with E-state index in [4.69, 9.17) is 33.8 Å². The molecule has 0 spiro atoms. The van der Waals surface area contributed by atoms with Crippen LogP contribution in [0.3, 0.4) is 0 Å². The normalized spacial score (nSPS) is 11.4. The summed E-state index contributed by atoms with van der Waals surface area (Å²) in [6.07, 6.45) is -3.49. The quantitative estimate of drug-likeness (QED) is 0.0366. The van der Waals surface area contributed by atoms with Crippen molar-refractivity contribution in [3.8, 4) is 0 Å². The van der Waals surface area contributed by atoms with E-state index in [0.717, 1.165) is 31.9 Å². The maximum absolute atomic E-state index is 12.4. The number of carbonyl (C=O) groups is 5. The Kier molecular flexibility index (Phi) is 45.5. The van der Waals surface area contributed by atoms with Gasteiger partial charge in [0.1, 0.15) is 16.9 Å². The first-order valence-corrected chi connectivity index (χ1v) is 17.3. The average molecular weight is 915 g/mol. The molecule has 0 saturated carbocycles. The zero-order valence-corrected chi connectivity index (χ0v) is 38.4. The summed E-state index contributed by atoms with van der Waals surface area (Å²) in [5.74, 6) is -1.85. The zero-order chi connectivity index (χ0) is 49.9. The second kappa shape index (κ2) is 38.5. The molecule has 0 aromatic carbocycles. The number of thiol groups is 1. The number of alkyl halides is 6. The zero-order valence-electron chi connectivity index (χ0n) is 39.8. The number of allylic oxidation sites excluding steroid dienone is 3. The molecular formula is C40H68ClF6LiO11S. The summed E-state index contributed by atoms with van der Waals surface area (Å²) < 4.78 is 94.8. The summed E-state index contributed by atoms with van der Waals surface area (Å²) in [5.41, 5.74) is -3.56. The molecule has 20 heteroatoms. The Hall–Kier alpha value is -3.46. The van der Waals surface area contributed by atoms with Crippen LogP contribution in [-0.2, 0) is 38.9 Å². The molecular weight excluding hydrogens is 845 g/mol. The minimum Gasteiger partial charge on any atom is -1.00 e. The topological polar surface area (TPSA) is 174 Å². The smallest absolute Gasteiger partial charge is 1.00 e. The predicted molar refractivity (Wildman–Crippen MR) is 226 cm³/mol. The number of carboxylic acid groups (broad SMARTS) is 1. The fourth-order valence-corrected chi connectivity index (χ4v) is 1.58. The third kappa shape index (κ3) is 52.6. The van der Waals surface area contributed by atoms with E-state index < -0.39 is 47.0 Å². The summed E-state index contributed by atoms with van der Waals surface area (Å²) >= 11 is 8.57. The van der Waals surface area contributed by atoms with Crippen molar-refractivity contribution < 1.29 is 97.4 Å². The average Bonchev–Trinajstić information content (AvgIpc) is 3.06. The fourth-order valence-electron chi connectivity index (χ4n) is 1.58. The molecule has 0 atom stereocenters. The number of rotatable bonds is 6. The van der Waals surface area contributed by atoms with Crippen molar-refractivity contribution in [1.29, 1.82) is 0 Å². The molecule has 1 heterocycles. The minimum atomic E-state index is -4.66. The van der Waals surface area contributed by atoms with Gasteiger partial charge in [-0.15, -0.1) is 0 Å². The third-order valence-corrected chi connectivity index (χ3v) is 5.79. The van der Waals surface area contributed by atoms with Gasteiger partial charge in [0.2, 0.25) is 11.5 Å². The molecule has 1 aromatic heterocycles. The van der Waals surface area contributed by atoms with Gasteiger partial charge in [0.05, 0.1) is 38.4 Å². The molecule has 1 aromatic rings. The monoisotopic (exact) mass is 914 g/mol. The van der Waals surface area contributed by atoms with Gasteiger partial charge < -0.3 is 25.5 Å². The number of methoxy groups -OCH3 is 2. The number of aliphatic hydroxyl groups excluding tert-OH is 1. The van der Waals surface area contributed by atoms with Gasteiger partial charge in [-0.25, -0.2) is 0 Å². The molecule has 2 N–H and O–H groups in total. The number of carbonyl (C=O) groups excluding carboxylic acids is 4. The molecule has 350 valence electrons. The first-order chi connectivity index (χ1) is 26.7.